The summed E-state index contributed by atoms with van der Waals surface area (Å²) in [6.45, 7) is 2.93. The van der Waals surface area contributed by atoms with Crippen molar-refractivity contribution < 1.29 is 9.59 Å². The topological polar surface area (TPSA) is 112 Å². The number of carbonyl (C=O) groups excluding carboxylic acids is 2. The first-order chi connectivity index (χ1) is 12.5. The van der Waals surface area contributed by atoms with E-state index in [9.17, 15) is 9.59 Å². The zero-order valence-electron chi connectivity index (χ0n) is 14.8. The van der Waals surface area contributed by atoms with Crippen LogP contribution in [0.5, 0.6) is 0 Å². The van der Waals surface area contributed by atoms with Crippen LogP contribution in [0.3, 0.4) is 0 Å². The molecule has 136 valence electrons. The van der Waals surface area contributed by atoms with Gasteiger partial charge in [-0.05, 0) is 13.0 Å². The van der Waals surface area contributed by atoms with Crippen molar-refractivity contribution in [3.63, 3.8) is 0 Å². The Morgan fingerprint density at radius 2 is 1.96 bits per heavy atom. The van der Waals surface area contributed by atoms with E-state index in [-0.39, 0.29) is 17.3 Å². The minimum Gasteiger partial charge on any atom is -0.346 e. The number of carbonyl (C=O) groups is 2. The van der Waals surface area contributed by atoms with Gasteiger partial charge in [-0.2, -0.15) is 15.3 Å². The molecule has 10 nitrogen and oxygen atoms in total. The molecule has 2 N–H and O–H groups in total. The Bertz CT molecular complexity index is 936. The number of aromatic nitrogens is 6. The normalized spacial score (nSPS) is 10.7. The second kappa shape index (κ2) is 7.21. The summed E-state index contributed by atoms with van der Waals surface area (Å²) in [5, 5.41) is 17.8. The van der Waals surface area contributed by atoms with E-state index in [4.69, 9.17) is 0 Å². The first-order valence-corrected chi connectivity index (χ1v) is 8.10. The molecule has 10 heteroatoms. The van der Waals surface area contributed by atoms with E-state index < -0.39 is 5.91 Å². The summed E-state index contributed by atoms with van der Waals surface area (Å²) < 4.78 is 4.73. The van der Waals surface area contributed by atoms with Crippen LogP contribution < -0.4 is 10.6 Å². The van der Waals surface area contributed by atoms with Crippen LogP contribution in [-0.4, -0.2) is 41.2 Å². The summed E-state index contributed by atoms with van der Waals surface area (Å²) in [7, 11) is 3.44. The zero-order chi connectivity index (χ0) is 18.7. The number of hydrogen-bond acceptors (Lipinski definition) is 5. The van der Waals surface area contributed by atoms with Crippen LogP contribution in [0.1, 0.15) is 33.5 Å². The minimum absolute atomic E-state index is 0.261. The van der Waals surface area contributed by atoms with Gasteiger partial charge in [0.2, 0.25) is 0 Å². The van der Waals surface area contributed by atoms with Crippen molar-refractivity contribution in [2.75, 3.05) is 5.32 Å². The molecule has 3 rings (SSSR count). The molecule has 3 heterocycles. The lowest BCUT2D eigenvalue weighted by Crippen LogP contribution is -2.26. The standard InChI is InChI=1S/C16H20N8O2/c1-4-24-6-5-12(21-24)15(25)20-13-9-19-23(3)14(13)16(26)17-7-11-8-18-22(2)10-11/h5-6,8-10H,4,7H2,1-3H3,(H,17,26)(H,20,25). The quantitative estimate of drug-likeness (QED) is 0.670. The summed E-state index contributed by atoms with van der Waals surface area (Å²) in [4.78, 5) is 24.9. The predicted octanol–water partition coefficient (Wildman–Crippen LogP) is 0.552. The average molecular weight is 356 g/mol. The fourth-order valence-electron chi connectivity index (χ4n) is 2.47. The van der Waals surface area contributed by atoms with Gasteiger partial charge in [-0.1, -0.05) is 0 Å². The number of nitrogens with zero attached hydrogens (tertiary/aromatic N) is 6. The average Bonchev–Trinajstić information content (AvgIpc) is 3.33. The monoisotopic (exact) mass is 356 g/mol. The first kappa shape index (κ1) is 17.4. The maximum atomic E-state index is 12.5. The molecule has 0 aliphatic carbocycles. The van der Waals surface area contributed by atoms with Gasteiger partial charge < -0.3 is 10.6 Å². The molecule has 0 fully saturated rings. The van der Waals surface area contributed by atoms with E-state index in [0.717, 1.165) is 5.56 Å². The third-order valence-corrected chi connectivity index (χ3v) is 3.81. The van der Waals surface area contributed by atoms with Gasteiger partial charge in [0.15, 0.2) is 5.69 Å². The Hall–Kier alpha value is -3.43. The number of anilines is 1. The van der Waals surface area contributed by atoms with E-state index in [1.165, 1.54) is 10.9 Å². The van der Waals surface area contributed by atoms with Gasteiger partial charge in [0.1, 0.15) is 5.69 Å². The molecule has 2 amide bonds. The molecule has 0 saturated carbocycles. The van der Waals surface area contributed by atoms with Crippen LogP contribution >= 0.6 is 0 Å². The van der Waals surface area contributed by atoms with Crippen LogP contribution in [0.4, 0.5) is 5.69 Å². The molecule has 0 aliphatic rings. The highest BCUT2D eigenvalue weighted by atomic mass is 16.2. The summed E-state index contributed by atoms with van der Waals surface area (Å²) in [5.74, 6) is -0.741. The smallest absolute Gasteiger partial charge is 0.276 e. The van der Waals surface area contributed by atoms with E-state index in [1.54, 1.807) is 41.9 Å². The van der Waals surface area contributed by atoms with Gasteiger partial charge in [-0.15, -0.1) is 0 Å². The second-order valence-electron chi connectivity index (χ2n) is 5.75. The van der Waals surface area contributed by atoms with Gasteiger partial charge in [0, 0.05) is 45.1 Å². The van der Waals surface area contributed by atoms with E-state index in [1.807, 2.05) is 13.1 Å². The van der Waals surface area contributed by atoms with Crippen molar-refractivity contribution in [3.8, 4) is 0 Å². The summed E-state index contributed by atoms with van der Waals surface area (Å²) >= 11 is 0. The number of rotatable bonds is 6. The van der Waals surface area contributed by atoms with E-state index in [2.05, 4.69) is 25.9 Å². The largest absolute Gasteiger partial charge is 0.346 e. The Balaban J connectivity index is 1.71. The minimum atomic E-state index is -0.397. The molecule has 0 radical (unpaired) electrons. The molecule has 0 bridgehead atoms. The van der Waals surface area contributed by atoms with Gasteiger partial charge in [0.25, 0.3) is 11.8 Å². The molecule has 26 heavy (non-hydrogen) atoms. The summed E-state index contributed by atoms with van der Waals surface area (Å²) in [5.41, 5.74) is 1.74. The summed E-state index contributed by atoms with van der Waals surface area (Å²) in [6, 6.07) is 1.62. The van der Waals surface area contributed by atoms with Crippen LogP contribution in [0.15, 0.2) is 30.9 Å². The third kappa shape index (κ3) is 3.63. The SMILES string of the molecule is CCn1ccc(C(=O)Nc2cnn(C)c2C(=O)NCc2cnn(C)c2)n1. The highest BCUT2D eigenvalue weighted by Gasteiger charge is 2.20. The first-order valence-electron chi connectivity index (χ1n) is 8.10. The van der Waals surface area contributed by atoms with Crippen LogP contribution in [-0.2, 0) is 27.2 Å². The fourth-order valence-corrected chi connectivity index (χ4v) is 2.47. The van der Waals surface area contributed by atoms with Crippen LogP contribution in [0.25, 0.3) is 0 Å². The van der Waals surface area contributed by atoms with Crippen molar-refractivity contribution >= 4 is 17.5 Å². The number of nitrogens with one attached hydrogen (secondary N) is 2. The Morgan fingerprint density at radius 1 is 1.15 bits per heavy atom. The molecule has 3 aromatic rings. The van der Waals surface area contributed by atoms with Crippen molar-refractivity contribution in [2.24, 2.45) is 14.1 Å². The maximum absolute atomic E-state index is 12.5. The molecule has 0 atom stereocenters. The number of hydrogen-bond donors (Lipinski definition) is 2. The maximum Gasteiger partial charge on any atom is 0.276 e. The lowest BCUT2D eigenvalue weighted by atomic mass is 10.3. The van der Waals surface area contributed by atoms with Crippen LogP contribution in [0.2, 0.25) is 0 Å². The van der Waals surface area contributed by atoms with Crippen molar-refractivity contribution in [1.82, 2.24) is 34.7 Å². The van der Waals surface area contributed by atoms with Crippen molar-refractivity contribution in [3.05, 3.63) is 47.8 Å². The fraction of sp³-hybridized carbons (Fsp3) is 0.312. The highest BCUT2D eigenvalue weighted by Crippen LogP contribution is 2.15. The van der Waals surface area contributed by atoms with E-state index in [0.29, 0.717) is 18.8 Å². The lowest BCUT2D eigenvalue weighted by molar-refractivity contribution is 0.0942. The highest BCUT2D eigenvalue weighted by molar-refractivity contribution is 6.07. The molecule has 0 unspecified atom stereocenters. The Morgan fingerprint density at radius 3 is 2.62 bits per heavy atom. The van der Waals surface area contributed by atoms with Gasteiger partial charge in [-0.3, -0.25) is 23.6 Å². The Labute approximate surface area is 149 Å². The van der Waals surface area contributed by atoms with Crippen LogP contribution in [0, 0.1) is 0 Å². The van der Waals surface area contributed by atoms with Crippen molar-refractivity contribution in [2.45, 2.75) is 20.0 Å². The van der Waals surface area contributed by atoms with Crippen molar-refractivity contribution in [1.29, 1.82) is 0 Å². The Kier molecular flexibility index (Phi) is 4.83. The third-order valence-electron chi connectivity index (χ3n) is 3.81. The summed E-state index contributed by atoms with van der Waals surface area (Å²) in [6.07, 6.45) is 6.65. The second-order valence-corrected chi connectivity index (χ2v) is 5.75. The lowest BCUT2D eigenvalue weighted by Gasteiger charge is -2.07. The molecule has 0 saturated heterocycles. The molecule has 0 spiro atoms. The van der Waals surface area contributed by atoms with Gasteiger partial charge in [0.05, 0.1) is 18.1 Å². The molecular formula is C16H20N8O2. The molecule has 3 aromatic heterocycles. The predicted molar refractivity (Wildman–Crippen MR) is 93.4 cm³/mol. The van der Waals surface area contributed by atoms with E-state index >= 15 is 0 Å². The van der Waals surface area contributed by atoms with Gasteiger partial charge >= 0.3 is 0 Å². The number of aryl methyl sites for hydroxylation is 3. The number of amides is 2. The zero-order valence-corrected chi connectivity index (χ0v) is 14.8. The molecule has 0 aliphatic heterocycles. The molecular weight excluding hydrogens is 336 g/mol. The van der Waals surface area contributed by atoms with Gasteiger partial charge in [-0.25, -0.2) is 0 Å². The molecule has 0 aromatic carbocycles.